The van der Waals surface area contributed by atoms with Gasteiger partial charge in [0.15, 0.2) is 0 Å². The topological polar surface area (TPSA) is 21.1 Å². The molecule has 1 unspecified atom stereocenters. The zero-order valence-electron chi connectivity index (χ0n) is 12.4. The second-order valence-electron chi connectivity index (χ2n) is 5.83. The fourth-order valence-corrected chi connectivity index (χ4v) is 3.94. The first-order valence-electron chi connectivity index (χ1n) is 7.63. The Kier molecular flexibility index (Phi) is 5.07. The van der Waals surface area contributed by atoms with Crippen LogP contribution in [0.15, 0.2) is 18.2 Å². The average Bonchev–Trinajstić information content (AvgIpc) is 3.05. The lowest BCUT2D eigenvalue weighted by Gasteiger charge is -2.23. The third-order valence-electron chi connectivity index (χ3n) is 4.20. The summed E-state index contributed by atoms with van der Waals surface area (Å²) >= 11 is 8.32. The molecule has 2 heterocycles. The summed E-state index contributed by atoms with van der Waals surface area (Å²) in [6.07, 6.45) is 3.51. The van der Waals surface area contributed by atoms with Crippen molar-refractivity contribution in [1.82, 2.24) is 14.5 Å². The summed E-state index contributed by atoms with van der Waals surface area (Å²) in [6.45, 7) is 5.88. The van der Waals surface area contributed by atoms with Crippen LogP contribution in [0, 0.1) is 3.57 Å². The van der Waals surface area contributed by atoms with Gasteiger partial charge in [0.05, 0.1) is 11.0 Å². The first-order valence-corrected chi connectivity index (χ1v) is 9.25. The Morgan fingerprint density at radius 1 is 1.33 bits per heavy atom. The van der Waals surface area contributed by atoms with Crippen molar-refractivity contribution in [2.75, 3.05) is 25.5 Å². The number of fused-ring (bicyclic) bond motifs is 1. The molecular formula is C16H21ClIN3. The van der Waals surface area contributed by atoms with Crippen molar-refractivity contribution in [2.24, 2.45) is 0 Å². The Labute approximate surface area is 144 Å². The van der Waals surface area contributed by atoms with Crippen LogP contribution in [0.1, 0.15) is 31.6 Å². The second kappa shape index (κ2) is 6.84. The summed E-state index contributed by atoms with van der Waals surface area (Å²) in [5.74, 6) is 1.74. The highest BCUT2D eigenvalue weighted by Crippen LogP contribution is 2.25. The number of likely N-dealkylation sites (tertiary alicyclic amines) is 1. The van der Waals surface area contributed by atoms with Gasteiger partial charge in [0.25, 0.3) is 0 Å². The smallest absolute Gasteiger partial charge is 0.111 e. The molecule has 5 heteroatoms. The van der Waals surface area contributed by atoms with Crippen molar-refractivity contribution in [3.63, 3.8) is 0 Å². The zero-order chi connectivity index (χ0) is 14.8. The maximum atomic E-state index is 5.98. The summed E-state index contributed by atoms with van der Waals surface area (Å²) in [4.78, 5) is 7.38. The lowest BCUT2D eigenvalue weighted by Crippen LogP contribution is -2.28. The van der Waals surface area contributed by atoms with Crippen molar-refractivity contribution in [3.8, 4) is 0 Å². The molecule has 0 bridgehead atoms. The largest absolute Gasteiger partial charge is 0.324 e. The van der Waals surface area contributed by atoms with Crippen LogP contribution in [0.5, 0.6) is 0 Å². The molecular weight excluding hydrogens is 397 g/mol. The van der Waals surface area contributed by atoms with Crippen LogP contribution in [0.2, 0.25) is 0 Å². The Morgan fingerprint density at radius 3 is 2.81 bits per heavy atom. The molecule has 0 amide bonds. The summed E-state index contributed by atoms with van der Waals surface area (Å²) in [5.41, 5.74) is 2.33. The van der Waals surface area contributed by atoms with Gasteiger partial charge in [-0.2, -0.15) is 0 Å². The Hall–Kier alpha value is -0.330. The SMILES string of the molecule is CC(CN1CCCC1)n1c(CCCl)nc2cc(I)ccc21. The van der Waals surface area contributed by atoms with Gasteiger partial charge >= 0.3 is 0 Å². The van der Waals surface area contributed by atoms with Crippen LogP contribution in [-0.4, -0.2) is 40.0 Å². The van der Waals surface area contributed by atoms with Crippen LogP contribution in [0.3, 0.4) is 0 Å². The lowest BCUT2D eigenvalue weighted by atomic mass is 10.2. The summed E-state index contributed by atoms with van der Waals surface area (Å²) < 4.78 is 3.63. The van der Waals surface area contributed by atoms with E-state index in [0.717, 1.165) is 24.3 Å². The number of benzene rings is 1. The summed E-state index contributed by atoms with van der Waals surface area (Å²) in [5, 5.41) is 0. The fraction of sp³-hybridized carbons (Fsp3) is 0.562. The van der Waals surface area contributed by atoms with Gasteiger partial charge in [-0.3, -0.25) is 0 Å². The number of halogens is 2. The van der Waals surface area contributed by atoms with Gasteiger partial charge < -0.3 is 9.47 Å². The van der Waals surface area contributed by atoms with Gasteiger partial charge in [-0.1, -0.05) is 0 Å². The van der Waals surface area contributed by atoms with E-state index in [1.807, 2.05) is 0 Å². The predicted octanol–water partition coefficient (Wildman–Crippen LogP) is 4.08. The number of nitrogens with zero attached hydrogens (tertiary/aromatic N) is 3. The molecule has 1 aromatic carbocycles. The molecule has 1 saturated heterocycles. The number of rotatable bonds is 5. The minimum absolute atomic E-state index is 0.436. The van der Waals surface area contributed by atoms with Crippen molar-refractivity contribution in [1.29, 1.82) is 0 Å². The van der Waals surface area contributed by atoms with Gasteiger partial charge in [-0.25, -0.2) is 4.98 Å². The van der Waals surface area contributed by atoms with Crippen LogP contribution >= 0.6 is 34.2 Å². The summed E-state index contributed by atoms with van der Waals surface area (Å²) in [7, 11) is 0. The van der Waals surface area contributed by atoms with Gasteiger partial charge in [0, 0.05) is 28.5 Å². The second-order valence-corrected chi connectivity index (χ2v) is 7.45. The van der Waals surface area contributed by atoms with Gasteiger partial charge in [-0.05, 0) is 73.6 Å². The normalized spacial score (nSPS) is 17.7. The highest BCUT2D eigenvalue weighted by Gasteiger charge is 2.20. The van der Waals surface area contributed by atoms with Gasteiger partial charge in [0.2, 0.25) is 0 Å². The summed E-state index contributed by atoms with van der Waals surface area (Å²) in [6, 6.07) is 6.95. The Bertz CT molecular complexity index is 619. The van der Waals surface area contributed by atoms with E-state index in [1.54, 1.807) is 0 Å². The number of aryl methyl sites for hydroxylation is 1. The lowest BCUT2D eigenvalue weighted by molar-refractivity contribution is 0.288. The Balaban J connectivity index is 1.95. The van der Waals surface area contributed by atoms with E-state index in [-0.39, 0.29) is 0 Å². The molecule has 1 atom stereocenters. The number of alkyl halides is 1. The van der Waals surface area contributed by atoms with Crippen LogP contribution in [0.25, 0.3) is 11.0 Å². The van der Waals surface area contributed by atoms with Crippen LogP contribution in [0.4, 0.5) is 0 Å². The Morgan fingerprint density at radius 2 is 2.10 bits per heavy atom. The number of hydrogen-bond acceptors (Lipinski definition) is 2. The third-order valence-corrected chi connectivity index (χ3v) is 5.06. The molecule has 0 aliphatic carbocycles. The van der Waals surface area contributed by atoms with E-state index in [9.17, 15) is 0 Å². The molecule has 1 aliphatic heterocycles. The van der Waals surface area contributed by atoms with Crippen molar-refractivity contribution in [3.05, 3.63) is 27.6 Å². The maximum Gasteiger partial charge on any atom is 0.111 e. The van der Waals surface area contributed by atoms with Crippen LogP contribution < -0.4 is 0 Å². The maximum absolute atomic E-state index is 5.98. The molecule has 0 N–H and O–H groups in total. The quantitative estimate of drug-likeness (QED) is 0.540. The highest BCUT2D eigenvalue weighted by molar-refractivity contribution is 14.1. The van der Waals surface area contributed by atoms with Crippen LogP contribution in [-0.2, 0) is 6.42 Å². The van der Waals surface area contributed by atoms with E-state index in [1.165, 1.54) is 35.0 Å². The van der Waals surface area contributed by atoms with Gasteiger partial charge in [0.1, 0.15) is 5.82 Å². The highest BCUT2D eigenvalue weighted by atomic mass is 127. The molecule has 21 heavy (non-hydrogen) atoms. The number of hydrogen-bond donors (Lipinski definition) is 0. The van der Waals surface area contributed by atoms with Crippen molar-refractivity contribution >= 4 is 45.2 Å². The first kappa shape index (κ1) is 15.6. The molecule has 1 aliphatic rings. The minimum atomic E-state index is 0.436. The zero-order valence-corrected chi connectivity index (χ0v) is 15.3. The molecule has 3 nitrogen and oxygen atoms in total. The molecule has 3 rings (SSSR count). The molecule has 0 spiro atoms. The molecule has 0 radical (unpaired) electrons. The van der Waals surface area contributed by atoms with E-state index in [0.29, 0.717) is 11.9 Å². The number of aromatic nitrogens is 2. The van der Waals surface area contributed by atoms with E-state index < -0.39 is 0 Å². The van der Waals surface area contributed by atoms with Crippen molar-refractivity contribution in [2.45, 2.75) is 32.2 Å². The minimum Gasteiger partial charge on any atom is -0.324 e. The molecule has 1 aromatic heterocycles. The predicted molar refractivity (Wildman–Crippen MR) is 97.3 cm³/mol. The molecule has 114 valence electrons. The molecule has 1 fully saturated rings. The van der Waals surface area contributed by atoms with Gasteiger partial charge in [-0.15, -0.1) is 11.6 Å². The molecule has 0 saturated carbocycles. The number of imidazole rings is 1. The van der Waals surface area contributed by atoms with Crippen molar-refractivity contribution < 1.29 is 0 Å². The third kappa shape index (κ3) is 3.37. The monoisotopic (exact) mass is 417 g/mol. The fourth-order valence-electron chi connectivity index (χ4n) is 3.30. The van der Waals surface area contributed by atoms with E-state index in [2.05, 4.69) is 57.2 Å². The molecule has 2 aromatic rings. The standard InChI is InChI=1S/C16H21ClIN3/c1-12(11-20-8-2-3-9-20)21-15-5-4-13(18)10-14(15)19-16(21)6-7-17/h4-5,10,12H,2-3,6-9,11H2,1H3. The average molecular weight is 418 g/mol. The first-order chi connectivity index (χ1) is 10.2. The van der Waals surface area contributed by atoms with E-state index in [4.69, 9.17) is 16.6 Å². The van der Waals surface area contributed by atoms with E-state index >= 15 is 0 Å².